The molecule has 2 N–H and O–H groups in total. The number of H-pyrrole nitrogens is 1. The summed E-state index contributed by atoms with van der Waals surface area (Å²) in [6.07, 6.45) is 1.47. The van der Waals surface area contributed by atoms with E-state index in [1.54, 1.807) is 0 Å². The number of hydrogen-bond donors (Lipinski definition) is 2. The van der Waals surface area contributed by atoms with E-state index in [1.807, 2.05) is 19.1 Å². The number of aromatic nitrogens is 5. The third-order valence-electron chi connectivity index (χ3n) is 1.70. The molecule has 0 aliphatic carbocycles. The van der Waals surface area contributed by atoms with Gasteiger partial charge in [-0.1, -0.05) is 0 Å². The molecule has 0 aliphatic rings. The van der Waals surface area contributed by atoms with Crippen molar-refractivity contribution in [3.63, 3.8) is 0 Å². The molecule has 0 aliphatic heterocycles. The van der Waals surface area contributed by atoms with Crippen LogP contribution < -0.4 is 5.32 Å². The predicted molar refractivity (Wildman–Crippen MR) is 50.5 cm³/mol. The third kappa shape index (κ3) is 2.03. The van der Waals surface area contributed by atoms with Crippen molar-refractivity contribution in [2.24, 2.45) is 0 Å². The second kappa shape index (κ2) is 3.82. The van der Waals surface area contributed by atoms with Crippen LogP contribution in [0.1, 0.15) is 11.5 Å². The Morgan fingerprint density at radius 3 is 2.93 bits per heavy atom. The van der Waals surface area contributed by atoms with Gasteiger partial charge in [-0.15, -0.1) is 5.10 Å². The van der Waals surface area contributed by atoms with Gasteiger partial charge >= 0.3 is 0 Å². The van der Waals surface area contributed by atoms with Crippen molar-refractivity contribution in [1.82, 2.24) is 25.4 Å². The molecule has 0 fully saturated rings. The second-order valence-electron chi connectivity index (χ2n) is 2.85. The first-order valence-corrected chi connectivity index (χ1v) is 4.23. The van der Waals surface area contributed by atoms with Crippen LogP contribution in [0, 0.1) is 6.92 Å². The Balaban J connectivity index is 1.95. The fraction of sp³-hybridized carbons (Fsp3) is 0.250. The van der Waals surface area contributed by atoms with Crippen LogP contribution in [0.2, 0.25) is 0 Å². The average molecular weight is 190 g/mol. The van der Waals surface area contributed by atoms with Crippen LogP contribution in [0.15, 0.2) is 18.5 Å². The van der Waals surface area contributed by atoms with Gasteiger partial charge in [0.25, 0.3) is 0 Å². The first-order valence-electron chi connectivity index (χ1n) is 4.23. The zero-order valence-corrected chi connectivity index (χ0v) is 7.73. The van der Waals surface area contributed by atoms with Gasteiger partial charge in [0.05, 0.1) is 12.2 Å². The van der Waals surface area contributed by atoms with Gasteiger partial charge in [-0.05, 0) is 19.1 Å². The van der Waals surface area contributed by atoms with E-state index in [2.05, 4.69) is 30.7 Å². The van der Waals surface area contributed by atoms with E-state index < -0.39 is 0 Å². The molecule has 0 saturated carbocycles. The molecule has 2 aromatic heterocycles. The maximum absolute atomic E-state index is 3.97. The smallest absolute Gasteiger partial charge is 0.149 e. The van der Waals surface area contributed by atoms with Crippen LogP contribution >= 0.6 is 0 Å². The largest absolute Gasteiger partial charge is 0.361 e. The van der Waals surface area contributed by atoms with Crippen molar-refractivity contribution in [3.8, 4) is 0 Å². The number of rotatable bonds is 3. The molecule has 0 amide bonds. The Bertz CT molecular complexity index is 379. The first-order chi connectivity index (χ1) is 6.84. The number of hydrogen-bond acceptors (Lipinski definition) is 5. The number of nitrogens with one attached hydrogen (secondary N) is 2. The molecule has 0 aromatic carbocycles. The molecule has 0 spiro atoms. The van der Waals surface area contributed by atoms with Crippen LogP contribution in [0.3, 0.4) is 0 Å². The molecular weight excluding hydrogens is 180 g/mol. The molecular formula is C8H10N6. The minimum Gasteiger partial charge on any atom is -0.361 e. The molecule has 2 rings (SSSR count). The normalized spacial score (nSPS) is 10.1. The Hall–Kier alpha value is -1.98. The van der Waals surface area contributed by atoms with E-state index >= 15 is 0 Å². The van der Waals surface area contributed by atoms with Gasteiger partial charge in [0, 0.05) is 0 Å². The van der Waals surface area contributed by atoms with E-state index in [-0.39, 0.29) is 0 Å². The monoisotopic (exact) mass is 190 g/mol. The fourth-order valence-corrected chi connectivity index (χ4v) is 0.983. The quantitative estimate of drug-likeness (QED) is 0.737. The Labute approximate surface area is 80.8 Å². The average Bonchev–Trinajstić information content (AvgIpc) is 2.70. The highest BCUT2D eigenvalue weighted by Crippen LogP contribution is 2.01. The third-order valence-corrected chi connectivity index (χ3v) is 1.70. The molecule has 2 aromatic rings. The molecule has 0 radical (unpaired) electrons. The molecule has 6 nitrogen and oxygen atoms in total. The highest BCUT2D eigenvalue weighted by molar-refractivity contribution is 5.32. The van der Waals surface area contributed by atoms with Gasteiger partial charge in [0.15, 0.2) is 0 Å². The van der Waals surface area contributed by atoms with Gasteiger partial charge in [-0.3, -0.25) is 5.10 Å². The zero-order valence-electron chi connectivity index (χ0n) is 7.73. The van der Waals surface area contributed by atoms with Crippen molar-refractivity contribution >= 4 is 5.82 Å². The molecule has 2 heterocycles. The SMILES string of the molecule is Cc1ccc(NCc2ncn[nH]2)nn1. The Morgan fingerprint density at radius 1 is 1.36 bits per heavy atom. The lowest BCUT2D eigenvalue weighted by atomic mass is 10.4. The van der Waals surface area contributed by atoms with Gasteiger partial charge in [-0.2, -0.15) is 10.2 Å². The summed E-state index contributed by atoms with van der Waals surface area (Å²) in [5.41, 5.74) is 0.898. The second-order valence-corrected chi connectivity index (χ2v) is 2.85. The molecule has 6 heteroatoms. The summed E-state index contributed by atoms with van der Waals surface area (Å²) in [6.45, 7) is 2.46. The van der Waals surface area contributed by atoms with Gasteiger partial charge < -0.3 is 5.32 Å². The first kappa shape index (κ1) is 8.61. The van der Waals surface area contributed by atoms with E-state index in [0.29, 0.717) is 6.54 Å². The highest BCUT2D eigenvalue weighted by Gasteiger charge is 1.96. The van der Waals surface area contributed by atoms with Crippen molar-refractivity contribution < 1.29 is 0 Å². The van der Waals surface area contributed by atoms with Crippen LogP contribution in [0.5, 0.6) is 0 Å². The number of anilines is 1. The zero-order chi connectivity index (χ0) is 9.80. The minimum absolute atomic E-state index is 0.567. The minimum atomic E-state index is 0.567. The van der Waals surface area contributed by atoms with Crippen molar-refractivity contribution in [1.29, 1.82) is 0 Å². The summed E-state index contributed by atoms with van der Waals surface area (Å²) in [7, 11) is 0. The molecule has 0 unspecified atom stereocenters. The molecule has 0 bridgehead atoms. The standard InChI is InChI=1S/C8H10N6/c1-6-2-3-7(14-12-6)9-4-8-10-5-11-13-8/h2-3,5H,4H2,1H3,(H,9,14)(H,10,11,13). The number of aryl methyl sites for hydroxylation is 1. The van der Waals surface area contributed by atoms with Crippen LogP contribution in [0.4, 0.5) is 5.82 Å². The summed E-state index contributed by atoms with van der Waals surface area (Å²) < 4.78 is 0. The lowest BCUT2D eigenvalue weighted by molar-refractivity contribution is 0.920. The van der Waals surface area contributed by atoms with E-state index in [1.165, 1.54) is 6.33 Å². The van der Waals surface area contributed by atoms with Crippen molar-refractivity contribution in [3.05, 3.63) is 30.0 Å². The maximum atomic E-state index is 3.97. The Kier molecular flexibility index (Phi) is 2.35. The van der Waals surface area contributed by atoms with Crippen LogP contribution in [0.25, 0.3) is 0 Å². The van der Waals surface area contributed by atoms with Crippen molar-refractivity contribution in [2.75, 3.05) is 5.32 Å². The van der Waals surface area contributed by atoms with Gasteiger partial charge in [0.2, 0.25) is 0 Å². The summed E-state index contributed by atoms with van der Waals surface area (Å²) in [4.78, 5) is 3.97. The summed E-state index contributed by atoms with van der Waals surface area (Å²) >= 11 is 0. The van der Waals surface area contributed by atoms with E-state index in [9.17, 15) is 0 Å². The van der Waals surface area contributed by atoms with Crippen LogP contribution in [-0.2, 0) is 6.54 Å². The lowest BCUT2D eigenvalue weighted by Gasteiger charge is -2.01. The van der Waals surface area contributed by atoms with Crippen LogP contribution in [-0.4, -0.2) is 25.4 Å². The fourth-order valence-electron chi connectivity index (χ4n) is 0.983. The number of aromatic amines is 1. The molecule has 0 saturated heterocycles. The highest BCUT2D eigenvalue weighted by atomic mass is 15.2. The molecule has 14 heavy (non-hydrogen) atoms. The maximum Gasteiger partial charge on any atom is 0.149 e. The molecule has 72 valence electrons. The van der Waals surface area contributed by atoms with Gasteiger partial charge in [-0.25, -0.2) is 4.98 Å². The predicted octanol–water partition coefficient (Wildman–Crippen LogP) is 0.515. The van der Waals surface area contributed by atoms with E-state index in [4.69, 9.17) is 0 Å². The number of nitrogens with zero attached hydrogens (tertiary/aromatic N) is 4. The summed E-state index contributed by atoms with van der Waals surface area (Å²) in [5.74, 6) is 1.50. The summed E-state index contributed by atoms with van der Waals surface area (Å²) in [5, 5.41) is 17.4. The van der Waals surface area contributed by atoms with Crippen molar-refractivity contribution in [2.45, 2.75) is 13.5 Å². The Morgan fingerprint density at radius 2 is 2.29 bits per heavy atom. The topological polar surface area (TPSA) is 79.4 Å². The molecule has 0 atom stereocenters. The summed E-state index contributed by atoms with van der Waals surface area (Å²) in [6, 6.07) is 3.77. The lowest BCUT2D eigenvalue weighted by Crippen LogP contribution is -2.03. The van der Waals surface area contributed by atoms with Gasteiger partial charge in [0.1, 0.15) is 18.0 Å². The van der Waals surface area contributed by atoms with E-state index in [0.717, 1.165) is 17.3 Å².